The topological polar surface area (TPSA) is 70.1 Å². The van der Waals surface area contributed by atoms with Crippen LogP contribution in [-0.2, 0) is 14.3 Å². The number of fused-ring (bicyclic) bond motifs is 2. The fraction of sp³-hybridized carbons (Fsp3) is 0.846. The summed E-state index contributed by atoms with van der Waals surface area (Å²) in [6.07, 6.45) is 1.15. The Labute approximate surface area is 112 Å². The van der Waals surface area contributed by atoms with Gasteiger partial charge in [0.25, 0.3) is 0 Å². The van der Waals surface area contributed by atoms with Crippen LogP contribution in [0.15, 0.2) is 0 Å². The van der Waals surface area contributed by atoms with Gasteiger partial charge in [0.1, 0.15) is 0 Å². The number of piperazine rings is 1. The second kappa shape index (κ2) is 4.76. The van der Waals surface area contributed by atoms with Crippen LogP contribution in [0.3, 0.4) is 0 Å². The van der Waals surface area contributed by atoms with Gasteiger partial charge in [0, 0.05) is 26.2 Å². The molecule has 0 spiro atoms. The van der Waals surface area contributed by atoms with Gasteiger partial charge in [0.2, 0.25) is 5.91 Å². The molecule has 3 saturated heterocycles. The summed E-state index contributed by atoms with van der Waals surface area (Å²) in [5.74, 6) is -2.03. The average Bonchev–Trinajstić information content (AvgIpc) is 2.98. The summed E-state index contributed by atoms with van der Waals surface area (Å²) >= 11 is 0. The molecule has 0 aliphatic carbocycles. The summed E-state index contributed by atoms with van der Waals surface area (Å²) in [6, 6.07) is 0. The molecule has 6 heteroatoms. The van der Waals surface area contributed by atoms with Gasteiger partial charge in [-0.1, -0.05) is 0 Å². The summed E-state index contributed by atoms with van der Waals surface area (Å²) in [7, 11) is 2.03. The van der Waals surface area contributed by atoms with Gasteiger partial charge in [0.05, 0.1) is 24.0 Å². The molecule has 3 fully saturated rings. The minimum atomic E-state index is -0.889. The molecule has 19 heavy (non-hydrogen) atoms. The van der Waals surface area contributed by atoms with Crippen LogP contribution in [0.2, 0.25) is 0 Å². The maximum absolute atomic E-state index is 12.6. The lowest BCUT2D eigenvalue weighted by Crippen LogP contribution is -2.52. The number of carbonyl (C=O) groups is 2. The normalized spacial score (nSPS) is 38.7. The van der Waals surface area contributed by atoms with E-state index in [0.717, 1.165) is 25.9 Å². The molecule has 1 amide bonds. The Bertz CT molecular complexity index is 392. The van der Waals surface area contributed by atoms with Gasteiger partial charge in [0.15, 0.2) is 0 Å². The Balaban J connectivity index is 1.73. The van der Waals surface area contributed by atoms with Crippen molar-refractivity contribution in [3.8, 4) is 0 Å². The summed E-state index contributed by atoms with van der Waals surface area (Å²) < 4.78 is 5.65. The number of amides is 1. The number of carboxylic acid groups (broad SMARTS) is 1. The fourth-order valence-electron chi connectivity index (χ4n) is 3.54. The number of hydrogen-bond donors (Lipinski definition) is 1. The second-order valence-corrected chi connectivity index (χ2v) is 5.81. The smallest absolute Gasteiger partial charge is 0.310 e. The molecule has 0 aromatic heterocycles. The SMILES string of the molecule is CN1CCN(C(=O)C2C(C(=O)O)[C@@H]3CC[C@@H]2O3)CC1. The number of nitrogens with zero attached hydrogens (tertiary/aromatic N) is 2. The Kier molecular flexibility index (Phi) is 3.22. The Morgan fingerprint density at radius 3 is 2.21 bits per heavy atom. The molecule has 0 aromatic rings. The summed E-state index contributed by atoms with van der Waals surface area (Å²) in [5.41, 5.74) is 0. The van der Waals surface area contributed by atoms with Crippen LogP contribution in [0.5, 0.6) is 0 Å². The fourth-order valence-corrected chi connectivity index (χ4v) is 3.54. The molecule has 0 saturated carbocycles. The molecule has 1 N–H and O–H groups in total. The van der Waals surface area contributed by atoms with Crippen molar-refractivity contribution in [2.45, 2.75) is 25.0 Å². The van der Waals surface area contributed by atoms with Crippen molar-refractivity contribution < 1.29 is 19.4 Å². The quantitative estimate of drug-likeness (QED) is 0.740. The van der Waals surface area contributed by atoms with Gasteiger partial charge in [-0.3, -0.25) is 9.59 Å². The minimum Gasteiger partial charge on any atom is -0.481 e. The number of likely N-dealkylation sites (N-methyl/N-ethyl adjacent to an activating group) is 1. The van der Waals surface area contributed by atoms with Gasteiger partial charge in [-0.25, -0.2) is 0 Å². The van der Waals surface area contributed by atoms with Crippen LogP contribution in [0.1, 0.15) is 12.8 Å². The molecule has 2 bridgehead atoms. The van der Waals surface area contributed by atoms with Gasteiger partial charge in [-0.15, -0.1) is 0 Å². The van der Waals surface area contributed by atoms with Crippen molar-refractivity contribution >= 4 is 11.9 Å². The lowest BCUT2D eigenvalue weighted by atomic mass is 9.78. The van der Waals surface area contributed by atoms with Crippen LogP contribution in [0.25, 0.3) is 0 Å². The van der Waals surface area contributed by atoms with E-state index in [2.05, 4.69) is 4.90 Å². The number of ether oxygens (including phenoxy) is 1. The van der Waals surface area contributed by atoms with E-state index in [4.69, 9.17) is 4.74 Å². The predicted octanol–water partition coefficient (Wildman–Crippen LogP) is -0.361. The largest absolute Gasteiger partial charge is 0.481 e. The highest BCUT2D eigenvalue weighted by atomic mass is 16.5. The van der Waals surface area contributed by atoms with Crippen molar-refractivity contribution in [1.82, 2.24) is 9.80 Å². The summed E-state index contributed by atoms with van der Waals surface area (Å²) in [5, 5.41) is 9.34. The lowest BCUT2D eigenvalue weighted by Gasteiger charge is -2.36. The number of carboxylic acids is 1. The van der Waals surface area contributed by atoms with Crippen LogP contribution in [0.4, 0.5) is 0 Å². The van der Waals surface area contributed by atoms with Gasteiger partial charge in [-0.05, 0) is 19.9 Å². The van der Waals surface area contributed by atoms with Crippen molar-refractivity contribution in [2.75, 3.05) is 33.2 Å². The maximum Gasteiger partial charge on any atom is 0.310 e. The summed E-state index contributed by atoms with van der Waals surface area (Å²) in [6.45, 7) is 3.08. The van der Waals surface area contributed by atoms with Crippen LogP contribution < -0.4 is 0 Å². The summed E-state index contributed by atoms with van der Waals surface area (Å²) in [4.78, 5) is 27.9. The number of aliphatic carboxylic acids is 1. The lowest BCUT2D eigenvalue weighted by molar-refractivity contribution is -0.151. The first kappa shape index (κ1) is 12.9. The van der Waals surface area contributed by atoms with E-state index in [1.165, 1.54) is 0 Å². The molecular weight excluding hydrogens is 248 g/mol. The third-order valence-electron chi connectivity index (χ3n) is 4.66. The number of hydrogen-bond acceptors (Lipinski definition) is 4. The van der Waals surface area contributed by atoms with Crippen molar-refractivity contribution in [3.63, 3.8) is 0 Å². The number of carbonyl (C=O) groups excluding carboxylic acids is 1. The van der Waals surface area contributed by atoms with Gasteiger partial charge >= 0.3 is 5.97 Å². The molecular formula is C13H20N2O4. The molecule has 106 valence electrons. The van der Waals surface area contributed by atoms with Crippen molar-refractivity contribution in [2.24, 2.45) is 11.8 Å². The first-order chi connectivity index (χ1) is 9.08. The molecule has 3 aliphatic rings. The maximum atomic E-state index is 12.6. The van der Waals surface area contributed by atoms with Crippen LogP contribution in [0, 0.1) is 11.8 Å². The van der Waals surface area contributed by atoms with E-state index in [-0.39, 0.29) is 18.1 Å². The van der Waals surface area contributed by atoms with Crippen molar-refractivity contribution in [1.29, 1.82) is 0 Å². The minimum absolute atomic E-state index is 0.0206. The van der Waals surface area contributed by atoms with E-state index in [9.17, 15) is 14.7 Å². The first-order valence-electron chi connectivity index (χ1n) is 6.93. The molecule has 3 rings (SSSR count). The van der Waals surface area contributed by atoms with E-state index in [1.807, 2.05) is 11.9 Å². The third-order valence-corrected chi connectivity index (χ3v) is 4.66. The number of rotatable bonds is 2. The zero-order chi connectivity index (χ0) is 13.6. The molecule has 2 unspecified atom stereocenters. The molecule has 3 heterocycles. The van der Waals surface area contributed by atoms with E-state index in [1.54, 1.807) is 0 Å². The predicted molar refractivity (Wildman–Crippen MR) is 66.6 cm³/mol. The second-order valence-electron chi connectivity index (χ2n) is 5.81. The molecule has 6 nitrogen and oxygen atoms in total. The van der Waals surface area contributed by atoms with Crippen LogP contribution >= 0.6 is 0 Å². The zero-order valence-electron chi connectivity index (χ0n) is 11.1. The average molecular weight is 268 g/mol. The standard InChI is InChI=1S/C13H20N2O4/c1-14-4-6-15(7-5-14)12(16)10-8-2-3-9(19-8)11(10)13(17)18/h8-11H,2-7H2,1H3,(H,17,18)/t8-,9-,10?,11?/m0/s1. The van der Waals surface area contributed by atoms with E-state index in [0.29, 0.717) is 13.1 Å². The van der Waals surface area contributed by atoms with Gasteiger partial charge in [-0.2, -0.15) is 0 Å². The molecule has 0 aromatic carbocycles. The zero-order valence-corrected chi connectivity index (χ0v) is 11.1. The molecule has 3 aliphatic heterocycles. The monoisotopic (exact) mass is 268 g/mol. The Hall–Kier alpha value is -1.14. The Morgan fingerprint density at radius 1 is 1.05 bits per heavy atom. The highest BCUT2D eigenvalue weighted by Gasteiger charge is 2.56. The highest BCUT2D eigenvalue weighted by Crippen LogP contribution is 2.44. The van der Waals surface area contributed by atoms with Gasteiger partial charge < -0.3 is 19.6 Å². The van der Waals surface area contributed by atoms with Crippen LogP contribution in [-0.4, -0.2) is 72.2 Å². The third kappa shape index (κ3) is 2.12. The molecule has 4 atom stereocenters. The van der Waals surface area contributed by atoms with E-state index < -0.39 is 17.8 Å². The Morgan fingerprint density at radius 2 is 1.63 bits per heavy atom. The van der Waals surface area contributed by atoms with Crippen molar-refractivity contribution in [3.05, 3.63) is 0 Å². The highest BCUT2D eigenvalue weighted by molar-refractivity contribution is 5.86. The molecule has 0 radical (unpaired) electrons. The van der Waals surface area contributed by atoms with E-state index >= 15 is 0 Å². The first-order valence-corrected chi connectivity index (χ1v) is 6.93.